The van der Waals surface area contributed by atoms with Crippen LogP contribution in [0.3, 0.4) is 0 Å². The quantitative estimate of drug-likeness (QED) is 0.546. The third-order valence-corrected chi connectivity index (χ3v) is 5.29. The van der Waals surface area contributed by atoms with E-state index in [1.807, 2.05) is 0 Å². The monoisotopic (exact) mass is 262 g/mol. The normalized spacial score (nSPS) is 29.6. The lowest BCUT2D eigenvalue weighted by Crippen LogP contribution is -2.39. The predicted octanol–water partition coefficient (Wildman–Crippen LogP) is 0.533. The summed E-state index contributed by atoms with van der Waals surface area (Å²) in [5, 5.41) is 0. The fourth-order valence-corrected chi connectivity index (χ4v) is 4.10. The molecule has 0 aromatic heterocycles. The van der Waals surface area contributed by atoms with Crippen LogP contribution in [0.5, 0.6) is 0 Å². The van der Waals surface area contributed by atoms with Crippen molar-refractivity contribution in [3.63, 3.8) is 0 Å². The van der Waals surface area contributed by atoms with Crippen molar-refractivity contribution in [3.05, 3.63) is 0 Å². The zero-order chi connectivity index (χ0) is 12.5. The summed E-state index contributed by atoms with van der Waals surface area (Å²) in [6.07, 6.45) is 1.35. The maximum Gasteiger partial charge on any atom is 0.306 e. The van der Waals surface area contributed by atoms with Gasteiger partial charge in [0.1, 0.15) is 9.84 Å². The Hall–Kier alpha value is -0.620. The standard InChI is InChI=1S/C11H18O5S/c1-2-15-10(12)7-11(9-8-16-9)3-5-17(13,14)6-4-11/h9H,2-8H2,1H3. The van der Waals surface area contributed by atoms with E-state index in [0.29, 0.717) is 26.1 Å². The number of esters is 1. The Kier molecular flexibility index (Phi) is 3.45. The van der Waals surface area contributed by atoms with Crippen LogP contribution in [0.1, 0.15) is 26.2 Å². The van der Waals surface area contributed by atoms with Gasteiger partial charge in [0.25, 0.3) is 0 Å². The first-order chi connectivity index (χ1) is 7.97. The molecule has 0 aromatic rings. The molecule has 0 aromatic carbocycles. The summed E-state index contributed by atoms with van der Waals surface area (Å²) in [6.45, 7) is 2.77. The second-order valence-corrected chi connectivity index (χ2v) is 7.12. The van der Waals surface area contributed by atoms with Crippen molar-refractivity contribution in [2.75, 3.05) is 24.7 Å². The second-order valence-electron chi connectivity index (χ2n) is 4.82. The van der Waals surface area contributed by atoms with Crippen molar-refractivity contribution in [1.82, 2.24) is 0 Å². The van der Waals surface area contributed by atoms with Gasteiger partial charge in [-0.05, 0) is 19.8 Å². The van der Waals surface area contributed by atoms with Crippen molar-refractivity contribution >= 4 is 15.8 Å². The van der Waals surface area contributed by atoms with Crippen LogP contribution in [0, 0.1) is 5.41 Å². The van der Waals surface area contributed by atoms with E-state index in [0.717, 1.165) is 0 Å². The molecule has 0 saturated carbocycles. The van der Waals surface area contributed by atoms with E-state index >= 15 is 0 Å². The topological polar surface area (TPSA) is 73.0 Å². The van der Waals surface area contributed by atoms with E-state index in [9.17, 15) is 13.2 Å². The zero-order valence-corrected chi connectivity index (χ0v) is 10.8. The van der Waals surface area contributed by atoms with Crippen LogP contribution in [0.15, 0.2) is 0 Å². The van der Waals surface area contributed by atoms with E-state index in [1.54, 1.807) is 6.92 Å². The van der Waals surface area contributed by atoms with Crippen molar-refractivity contribution in [1.29, 1.82) is 0 Å². The van der Waals surface area contributed by atoms with Gasteiger partial charge in [-0.25, -0.2) is 8.42 Å². The minimum atomic E-state index is -2.92. The van der Waals surface area contributed by atoms with Crippen molar-refractivity contribution in [2.45, 2.75) is 32.3 Å². The van der Waals surface area contributed by atoms with Crippen LogP contribution in [-0.4, -0.2) is 45.2 Å². The SMILES string of the molecule is CCOC(=O)CC1(C2CO2)CCS(=O)(=O)CC1. The number of rotatable bonds is 4. The number of carbonyl (C=O) groups is 1. The third-order valence-electron chi connectivity index (χ3n) is 3.64. The molecule has 98 valence electrons. The summed E-state index contributed by atoms with van der Waals surface area (Å²) in [5.74, 6) is 0.0701. The Morgan fingerprint density at radius 1 is 1.41 bits per heavy atom. The number of hydrogen-bond donors (Lipinski definition) is 0. The molecule has 2 rings (SSSR count). The molecule has 1 atom stereocenters. The van der Waals surface area contributed by atoms with Gasteiger partial charge in [0.15, 0.2) is 0 Å². The Morgan fingerprint density at radius 2 is 2.00 bits per heavy atom. The lowest BCUT2D eigenvalue weighted by Gasteiger charge is -2.34. The van der Waals surface area contributed by atoms with Crippen molar-refractivity contribution in [3.8, 4) is 0 Å². The first-order valence-electron chi connectivity index (χ1n) is 5.95. The van der Waals surface area contributed by atoms with E-state index in [4.69, 9.17) is 9.47 Å². The maximum absolute atomic E-state index is 11.6. The highest BCUT2D eigenvalue weighted by Gasteiger charge is 2.50. The fourth-order valence-electron chi connectivity index (χ4n) is 2.46. The zero-order valence-electron chi connectivity index (χ0n) is 9.98. The minimum Gasteiger partial charge on any atom is -0.466 e. The minimum absolute atomic E-state index is 0.0439. The molecule has 0 bridgehead atoms. The fraction of sp³-hybridized carbons (Fsp3) is 0.909. The Labute approximate surface area is 101 Å². The van der Waals surface area contributed by atoms with E-state index in [1.165, 1.54) is 0 Å². The first-order valence-corrected chi connectivity index (χ1v) is 7.77. The molecule has 6 heteroatoms. The molecule has 17 heavy (non-hydrogen) atoms. The molecule has 5 nitrogen and oxygen atoms in total. The van der Waals surface area contributed by atoms with Crippen LogP contribution in [0.4, 0.5) is 0 Å². The summed E-state index contributed by atoms with van der Waals surface area (Å²) in [4.78, 5) is 11.6. The summed E-state index contributed by atoms with van der Waals surface area (Å²) in [6, 6.07) is 0. The number of epoxide rings is 1. The molecule has 0 amide bonds. The first kappa shape index (κ1) is 12.8. The van der Waals surface area contributed by atoms with Crippen LogP contribution in [-0.2, 0) is 24.1 Å². The molecular weight excluding hydrogens is 244 g/mol. The molecule has 0 aliphatic carbocycles. The van der Waals surface area contributed by atoms with E-state index in [-0.39, 0.29) is 35.4 Å². The molecule has 0 spiro atoms. The molecule has 2 aliphatic heterocycles. The smallest absolute Gasteiger partial charge is 0.306 e. The van der Waals surface area contributed by atoms with Gasteiger partial charge in [-0.2, -0.15) is 0 Å². The predicted molar refractivity (Wildman–Crippen MR) is 61.3 cm³/mol. The molecule has 1 unspecified atom stereocenters. The van der Waals surface area contributed by atoms with Crippen LogP contribution >= 0.6 is 0 Å². The molecule has 2 heterocycles. The van der Waals surface area contributed by atoms with E-state index < -0.39 is 9.84 Å². The summed E-state index contributed by atoms with van der Waals surface area (Å²) >= 11 is 0. The maximum atomic E-state index is 11.6. The molecule has 2 saturated heterocycles. The second kappa shape index (κ2) is 4.57. The Bertz CT molecular complexity index is 382. The van der Waals surface area contributed by atoms with Crippen molar-refractivity contribution < 1.29 is 22.7 Å². The van der Waals surface area contributed by atoms with Gasteiger partial charge < -0.3 is 9.47 Å². The molecule has 2 fully saturated rings. The van der Waals surface area contributed by atoms with E-state index in [2.05, 4.69) is 0 Å². The van der Waals surface area contributed by atoms with Gasteiger partial charge >= 0.3 is 5.97 Å². The van der Waals surface area contributed by atoms with Gasteiger partial charge in [0.05, 0.1) is 37.2 Å². The highest BCUT2D eigenvalue weighted by Crippen LogP contribution is 2.45. The summed E-state index contributed by atoms with van der Waals surface area (Å²) in [7, 11) is -2.92. The number of ether oxygens (including phenoxy) is 2. The average Bonchev–Trinajstić information content (AvgIpc) is 3.06. The Morgan fingerprint density at radius 3 is 2.47 bits per heavy atom. The van der Waals surface area contributed by atoms with Crippen molar-refractivity contribution in [2.24, 2.45) is 5.41 Å². The molecule has 2 aliphatic rings. The molecule has 0 radical (unpaired) electrons. The lowest BCUT2D eigenvalue weighted by atomic mass is 9.76. The third kappa shape index (κ3) is 2.98. The van der Waals surface area contributed by atoms with Gasteiger partial charge in [-0.3, -0.25) is 4.79 Å². The average molecular weight is 262 g/mol. The molecule has 0 N–H and O–H groups in total. The van der Waals surface area contributed by atoms with Crippen LogP contribution < -0.4 is 0 Å². The van der Waals surface area contributed by atoms with Gasteiger partial charge in [0, 0.05) is 5.41 Å². The Balaban J connectivity index is 2.04. The number of sulfone groups is 1. The molecular formula is C11H18O5S. The highest BCUT2D eigenvalue weighted by molar-refractivity contribution is 7.91. The lowest BCUT2D eigenvalue weighted by molar-refractivity contribution is -0.146. The number of hydrogen-bond acceptors (Lipinski definition) is 5. The van der Waals surface area contributed by atoms with Gasteiger partial charge in [0.2, 0.25) is 0 Å². The van der Waals surface area contributed by atoms with Gasteiger partial charge in [-0.15, -0.1) is 0 Å². The number of carbonyl (C=O) groups excluding carboxylic acids is 1. The van der Waals surface area contributed by atoms with Crippen LogP contribution in [0.2, 0.25) is 0 Å². The summed E-state index contributed by atoms with van der Waals surface area (Å²) in [5.41, 5.74) is -0.308. The highest BCUT2D eigenvalue weighted by atomic mass is 32.2. The summed E-state index contributed by atoms with van der Waals surface area (Å²) < 4.78 is 33.1. The van der Waals surface area contributed by atoms with Gasteiger partial charge in [-0.1, -0.05) is 0 Å². The largest absolute Gasteiger partial charge is 0.466 e. The van der Waals surface area contributed by atoms with Crippen LogP contribution in [0.25, 0.3) is 0 Å².